The van der Waals surface area contributed by atoms with Gasteiger partial charge < -0.3 is 5.32 Å². The normalized spacial score (nSPS) is 17.2. The zero-order chi connectivity index (χ0) is 5.98. The van der Waals surface area contributed by atoms with Crippen LogP contribution in [0.3, 0.4) is 0 Å². The first kappa shape index (κ1) is 5.43. The molecule has 1 heterocycles. The summed E-state index contributed by atoms with van der Waals surface area (Å²) in [5.74, 6) is 0.566. The Bertz CT molecular complexity index is 144. The zero-order valence-corrected chi connectivity index (χ0v) is 4.70. The van der Waals surface area contributed by atoms with Gasteiger partial charge in [-0.2, -0.15) is 0 Å². The average Bonchev–Trinajstić information content (AvgIpc) is 2.12. The van der Waals surface area contributed by atoms with Crippen LogP contribution in [0.15, 0.2) is 5.03 Å². The van der Waals surface area contributed by atoms with E-state index in [-0.39, 0.29) is 5.03 Å². The fraction of sp³-hybridized carbons (Fsp3) is 0.333. The summed E-state index contributed by atoms with van der Waals surface area (Å²) in [6.07, 6.45) is 2.39. The fourth-order valence-electron chi connectivity index (χ4n) is 0.351. The standard InChI is InChI=1S/C3H3N2O2S/c6-5(7)3-1-4-2-8-3/h4H,2H2. The summed E-state index contributed by atoms with van der Waals surface area (Å²) in [5, 5.41) is 12.5. The Morgan fingerprint density at radius 2 is 2.75 bits per heavy atom. The van der Waals surface area contributed by atoms with Crippen molar-refractivity contribution in [3.63, 3.8) is 0 Å². The van der Waals surface area contributed by atoms with E-state index in [9.17, 15) is 10.1 Å². The Hall–Kier alpha value is -0.710. The molecule has 8 heavy (non-hydrogen) atoms. The minimum absolute atomic E-state index is 0.0741. The summed E-state index contributed by atoms with van der Waals surface area (Å²) in [7, 11) is 0. The zero-order valence-electron chi connectivity index (χ0n) is 3.88. The predicted octanol–water partition coefficient (Wildman–Crippen LogP) is 0.159. The molecular formula is C3H3N2O2S. The van der Waals surface area contributed by atoms with Crippen molar-refractivity contribution < 1.29 is 4.92 Å². The summed E-state index contributed by atoms with van der Waals surface area (Å²) in [6.45, 7) is 0. The molecule has 1 radical (unpaired) electrons. The third-order valence-corrected chi connectivity index (χ3v) is 1.46. The van der Waals surface area contributed by atoms with Crippen molar-refractivity contribution in [3.05, 3.63) is 21.3 Å². The van der Waals surface area contributed by atoms with Crippen LogP contribution in [0.2, 0.25) is 0 Å². The van der Waals surface area contributed by atoms with Gasteiger partial charge in [-0.15, -0.1) is 0 Å². The molecule has 0 aromatic rings. The number of rotatable bonds is 1. The van der Waals surface area contributed by atoms with Crippen LogP contribution in [0, 0.1) is 16.3 Å². The molecule has 5 heteroatoms. The first-order valence-electron chi connectivity index (χ1n) is 1.94. The topological polar surface area (TPSA) is 55.2 Å². The van der Waals surface area contributed by atoms with Crippen molar-refractivity contribution in [2.24, 2.45) is 0 Å². The molecule has 1 aliphatic heterocycles. The molecule has 0 unspecified atom stereocenters. The maximum absolute atomic E-state index is 9.85. The summed E-state index contributed by atoms with van der Waals surface area (Å²) in [5.41, 5.74) is 0. The van der Waals surface area contributed by atoms with E-state index in [1.165, 1.54) is 0 Å². The quantitative estimate of drug-likeness (QED) is 0.407. The van der Waals surface area contributed by atoms with Crippen LogP contribution in [0.1, 0.15) is 0 Å². The highest BCUT2D eigenvalue weighted by atomic mass is 32.2. The van der Waals surface area contributed by atoms with Crippen molar-refractivity contribution >= 4 is 11.8 Å². The highest BCUT2D eigenvalue weighted by Crippen LogP contribution is 2.17. The van der Waals surface area contributed by atoms with Crippen LogP contribution in [0.25, 0.3) is 0 Å². The van der Waals surface area contributed by atoms with Gasteiger partial charge in [0.25, 0.3) is 0 Å². The molecule has 0 spiro atoms. The molecule has 0 aliphatic carbocycles. The fourth-order valence-corrected chi connectivity index (χ4v) is 0.881. The molecular weight excluding hydrogens is 128 g/mol. The van der Waals surface area contributed by atoms with Crippen molar-refractivity contribution in [1.29, 1.82) is 0 Å². The van der Waals surface area contributed by atoms with Gasteiger partial charge in [0.15, 0.2) is 6.20 Å². The second-order valence-corrected chi connectivity index (χ2v) is 2.12. The molecule has 0 saturated carbocycles. The Kier molecular flexibility index (Phi) is 1.38. The van der Waals surface area contributed by atoms with Crippen molar-refractivity contribution in [3.8, 4) is 0 Å². The van der Waals surface area contributed by atoms with E-state index < -0.39 is 4.92 Å². The lowest BCUT2D eigenvalue weighted by atomic mass is 10.9. The van der Waals surface area contributed by atoms with E-state index in [2.05, 4.69) is 11.5 Å². The van der Waals surface area contributed by atoms with E-state index in [4.69, 9.17) is 0 Å². The molecule has 0 aromatic carbocycles. The van der Waals surface area contributed by atoms with Gasteiger partial charge >= 0.3 is 5.03 Å². The second-order valence-electron chi connectivity index (χ2n) is 1.15. The third kappa shape index (κ3) is 0.919. The molecule has 1 N–H and O–H groups in total. The molecule has 0 atom stereocenters. The van der Waals surface area contributed by atoms with Crippen LogP contribution in [-0.4, -0.2) is 10.8 Å². The van der Waals surface area contributed by atoms with Crippen LogP contribution in [-0.2, 0) is 0 Å². The molecule has 0 amide bonds. The van der Waals surface area contributed by atoms with E-state index in [0.717, 1.165) is 11.8 Å². The number of nitrogens with one attached hydrogen (secondary N) is 1. The lowest BCUT2D eigenvalue weighted by Crippen LogP contribution is -1.95. The van der Waals surface area contributed by atoms with E-state index in [1.54, 1.807) is 0 Å². The SMILES string of the molecule is O=[N+]([O-])C1=[C]NCS1. The highest BCUT2D eigenvalue weighted by Gasteiger charge is 2.15. The molecule has 1 aliphatic rings. The lowest BCUT2D eigenvalue weighted by Gasteiger charge is -1.82. The first-order valence-corrected chi connectivity index (χ1v) is 2.92. The van der Waals surface area contributed by atoms with E-state index in [1.807, 2.05) is 0 Å². The molecule has 1 rings (SSSR count). The van der Waals surface area contributed by atoms with Gasteiger partial charge in [-0.3, -0.25) is 10.1 Å². The third-order valence-electron chi connectivity index (χ3n) is 0.642. The molecule has 0 fully saturated rings. The largest absolute Gasteiger partial charge is 0.367 e. The average molecular weight is 131 g/mol. The molecule has 43 valence electrons. The van der Waals surface area contributed by atoms with Gasteiger partial charge in [0.05, 0.1) is 10.8 Å². The van der Waals surface area contributed by atoms with Gasteiger partial charge in [0.1, 0.15) is 0 Å². The Morgan fingerprint density at radius 1 is 2.00 bits per heavy atom. The summed E-state index contributed by atoms with van der Waals surface area (Å²) >= 11 is 1.15. The Labute approximate surface area is 50.1 Å². The van der Waals surface area contributed by atoms with Gasteiger partial charge in [-0.05, 0) is 11.8 Å². The molecule has 0 aromatic heterocycles. The molecule has 0 bridgehead atoms. The summed E-state index contributed by atoms with van der Waals surface area (Å²) in [6, 6.07) is 0. The van der Waals surface area contributed by atoms with Crippen molar-refractivity contribution in [2.75, 3.05) is 5.88 Å². The maximum atomic E-state index is 9.85. The van der Waals surface area contributed by atoms with E-state index >= 15 is 0 Å². The molecule has 0 saturated heterocycles. The lowest BCUT2D eigenvalue weighted by molar-refractivity contribution is -0.411. The van der Waals surface area contributed by atoms with Crippen molar-refractivity contribution in [2.45, 2.75) is 0 Å². The monoisotopic (exact) mass is 131 g/mol. The summed E-state index contributed by atoms with van der Waals surface area (Å²) < 4.78 is 0. The maximum Gasteiger partial charge on any atom is 0.330 e. The number of hydrogen-bond donors (Lipinski definition) is 1. The van der Waals surface area contributed by atoms with Gasteiger partial charge in [0, 0.05) is 0 Å². The number of hydrogen-bond acceptors (Lipinski definition) is 4. The van der Waals surface area contributed by atoms with Gasteiger partial charge in [0.2, 0.25) is 0 Å². The van der Waals surface area contributed by atoms with Crippen LogP contribution in [0.4, 0.5) is 0 Å². The summed E-state index contributed by atoms with van der Waals surface area (Å²) in [4.78, 5) is 9.39. The van der Waals surface area contributed by atoms with E-state index in [0.29, 0.717) is 5.88 Å². The van der Waals surface area contributed by atoms with Gasteiger partial charge in [-0.1, -0.05) is 0 Å². The number of thioether (sulfide) groups is 1. The Balaban J connectivity index is 2.57. The smallest absolute Gasteiger partial charge is 0.330 e. The Morgan fingerprint density at radius 3 is 3.00 bits per heavy atom. The van der Waals surface area contributed by atoms with Crippen LogP contribution >= 0.6 is 11.8 Å². The molecule has 4 nitrogen and oxygen atoms in total. The van der Waals surface area contributed by atoms with Crippen molar-refractivity contribution in [1.82, 2.24) is 5.32 Å². The minimum atomic E-state index is -0.454. The highest BCUT2D eigenvalue weighted by molar-refractivity contribution is 8.02. The second kappa shape index (κ2) is 2.04. The minimum Gasteiger partial charge on any atom is -0.367 e. The van der Waals surface area contributed by atoms with Crippen LogP contribution in [0.5, 0.6) is 0 Å². The van der Waals surface area contributed by atoms with Gasteiger partial charge in [-0.25, -0.2) is 0 Å². The first-order chi connectivity index (χ1) is 3.80. The number of nitro groups is 1. The van der Waals surface area contributed by atoms with Crippen LogP contribution < -0.4 is 5.32 Å². The number of nitrogens with zero attached hydrogens (tertiary/aromatic N) is 1. The predicted molar refractivity (Wildman–Crippen MR) is 29.3 cm³/mol.